The van der Waals surface area contributed by atoms with Crippen LogP contribution in [0.15, 0.2) is 29.2 Å². The molecule has 23 heavy (non-hydrogen) atoms. The molecule has 1 aliphatic heterocycles. The lowest BCUT2D eigenvalue weighted by Gasteiger charge is -2.48. The molecule has 1 saturated heterocycles. The van der Waals surface area contributed by atoms with Crippen molar-refractivity contribution >= 4 is 16.1 Å². The van der Waals surface area contributed by atoms with Gasteiger partial charge in [-0.25, -0.2) is 18.2 Å². The normalized spacial score (nSPS) is 19.3. The van der Waals surface area contributed by atoms with Crippen molar-refractivity contribution in [1.29, 1.82) is 0 Å². The molecule has 0 radical (unpaired) electrons. The van der Waals surface area contributed by atoms with Crippen LogP contribution in [0.1, 0.15) is 26.3 Å². The van der Waals surface area contributed by atoms with Gasteiger partial charge in [0.2, 0.25) is 0 Å². The smallest absolute Gasteiger partial charge is 0.425 e. The molecule has 1 amide bonds. The van der Waals surface area contributed by atoms with Crippen LogP contribution in [0.25, 0.3) is 0 Å². The molecule has 0 unspecified atom stereocenters. The number of nitrogens with zero attached hydrogens (tertiary/aromatic N) is 2. The quantitative estimate of drug-likeness (QED) is 0.900. The number of hydrogen-bond donors (Lipinski definition) is 1. The predicted molar refractivity (Wildman–Crippen MR) is 84.0 cm³/mol. The Labute approximate surface area is 136 Å². The first kappa shape index (κ1) is 17.7. The Bertz CT molecular complexity index is 679. The van der Waals surface area contributed by atoms with E-state index < -0.39 is 27.8 Å². The van der Waals surface area contributed by atoms with Crippen LogP contribution in [0.3, 0.4) is 0 Å². The zero-order valence-electron chi connectivity index (χ0n) is 13.7. The molecule has 0 aliphatic carbocycles. The van der Waals surface area contributed by atoms with Crippen LogP contribution >= 0.6 is 0 Å². The molecule has 1 fully saturated rings. The van der Waals surface area contributed by atoms with Crippen LogP contribution in [-0.2, 0) is 14.8 Å². The van der Waals surface area contributed by atoms with Gasteiger partial charge in [-0.05, 0) is 39.8 Å². The van der Waals surface area contributed by atoms with Gasteiger partial charge in [-0.3, -0.25) is 0 Å². The zero-order chi connectivity index (χ0) is 17.4. The van der Waals surface area contributed by atoms with E-state index in [4.69, 9.17) is 4.74 Å². The number of amides is 1. The van der Waals surface area contributed by atoms with Crippen molar-refractivity contribution in [3.8, 4) is 0 Å². The highest BCUT2D eigenvalue weighted by Gasteiger charge is 2.49. The number of ether oxygens (including phenoxy) is 1. The predicted octanol–water partition coefficient (Wildman–Crippen LogP) is 1.51. The van der Waals surface area contributed by atoms with Gasteiger partial charge in [0.15, 0.2) is 0 Å². The fourth-order valence-corrected chi connectivity index (χ4v) is 3.81. The molecule has 2 rings (SSSR count). The van der Waals surface area contributed by atoms with Gasteiger partial charge in [-0.1, -0.05) is 22.1 Å². The number of sulfonamides is 1. The lowest BCUT2D eigenvalue weighted by atomic mass is 10.2. The number of carbonyl (C=O) groups excluding carboxylic acids is 1. The minimum Gasteiger partial charge on any atom is -0.443 e. The van der Waals surface area contributed by atoms with Gasteiger partial charge >= 0.3 is 6.09 Å². The van der Waals surface area contributed by atoms with Crippen molar-refractivity contribution in [2.75, 3.05) is 13.2 Å². The highest BCUT2D eigenvalue weighted by Crippen LogP contribution is 2.29. The van der Waals surface area contributed by atoms with Gasteiger partial charge in [0, 0.05) is 0 Å². The van der Waals surface area contributed by atoms with Crippen LogP contribution in [0, 0.1) is 6.92 Å². The average molecular weight is 342 g/mol. The summed E-state index contributed by atoms with van der Waals surface area (Å²) in [5, 5.41) is 10.4. The summed E-state index contributed by atoms with van der Waals surface area (Å²) in [6, 6.07) is 5.64. The molecule has 0 spiro atoms. The lowest BCUT2D eigenvalue weighted by molar-refractivity contribution is -0.102. The summed E-state index contributed by atoms with van der Waals surface area (Å²) in [5.41, 5.74) is 0.191. The number of carbonyl (C=O) groups is 1. The average Bonchev–Trinajstić information content (AvgIpc) is 2.35. The lowest BCUT2D eigenvalue weighted by Crippen LogP contribution is -2.69. The van der Waals surface area contributed by atoms with E-state index in [1.54, 1.807) is 32.9 Å². The number of aryl methyl sites for hydroxylation is 1. The van der Waals surface area contributed by atoms with Crippen molar-refractivity contribution in [3.05, 3.63) is 29.8 Å². The number of rotatable bonds is 3. The minimum atomic E-state index is -3.93. The molecule has 1 atom stereocenters. The second-order valence-electron chi connectivity index (χ2n) is 6.49. The summed E-state index contributed by atoms with van der Waals surface area (Å²) in [6.07, 6.45) is -0.752. The van der Waals surface area contributed by atoms with E-state index in [0.717, 1.165) is 15.0 Å². The Balaban J connectivity index is 2.29. The van der Waals surface area contributed by atoms with E-state index in [1.165, 1.54) is 12.1 Å². The summed E-state index contributed by atoms with van der Waals surface area (Å²) in [7, 11) is -3.93. The van der Waals surface area contributed by atoms with Crippen molar-refractivity contribution in [3.63, 3.8) is 0 Å². The Hall–Kier alpha value is -1.64. The molecule has 0 aromatic heterocycles. The van der Waals surface area contributed by atoms with E-state index in [9.17, 15) is 18.3 Å². The zero-order valence-corrected chi connectivity index (χ0v) is 14.5. The molecular weight excluding hydrogens is 320 g/mol. The van der Waals surface area contributed by atoms with Gasteiger partial charge in [0.05, 0.1) is 24.1 Å². The molecule has 8 heteroatoms. The van der Waals surface area contributed by atoms with E-state index in [2.05, 4.69) is 0 Å². The fraction of sp³-hybridized carbons (Fsp3) is 0.533. The van der Waals surface area contributed by atoms with Crippen LogP contribution in [0.2, 0.25) is 0 Å². The van der Waals surface area contributed by atoms with Gasteiger partial charge in [0.1, 0.15) is 5.60 Å². The Morgan fingerprint density at radius 1 is 1.30 bits per heavy atom. The largest absolute Gasteiger partial charge is 0.443 e. The van der Waals surface area contributed by atoms with Gasteiger partial charge in [-0.15, -0.1) is 0 Å². The molecule has 1 aromatic carbocycles. The van der Waals surface area contributed by atoms with Crippen molar-refractivity contribution in [2.45, 2.75) is 44.2 Å². The molecule has 128 valence electrons. The summed E-state index contributed by atoms with van der Waals surface area (Å²) < 4.78 is 31.6. The molecular formula is C15H22N2O5S. The SMILES string of the molecule is Cc1ccc(S(=O)(=O)N2[C@H](CO)CN2C(=O)OC(C)(C)C)cc1. The van der Waals surface area contributed by atoms with Crippen molar-refractivity contribution < 1.29 is 23.1 Å². The second kappa shape index (κ2) is 6.10. The standard InChI is InChI=1S/C15H22N2O5S/c1-11-5-7-13(8-6-11)23(20,21)17-12(10-18)9-16(17)14(19)22-15(2,3)4/h5-8,12,18H,9-10H2,1-4H3/t12-/m0/s1. The third kappa shape index (κ3) is 3.65. The maximum absolute atomic E-state index is 12.7. The molecule has 7 nitrogen and oxygen atoms in total. The topological polar surface area (TPSA) is 87.2 Å². The first-order chi connectivity index (χ1) is 10.6. The molecule has 1 aromatic rings. The second-order valence-corrected chi connectivity index (χ2v) is 8.29. The molecule has 0 saturated carbocycles. The van der Waals surface area contributed by atoms with E-state index in [1.807, 2.05) is 6.92 Å². The minimum absolute atomic E-state index is 0.0646. The van der Waals surface area contributed by atoms with Crippen LogP contribution in [0.4, 0.5) is 4.79 Å². The number of aliphatic hydroxyl groups is 1. The Morgan fingerprint density at radius 3 is 2.35 bits per heavy atom. The van der Waals surface area contributed by atoms with Crippen LogP contribution in [-0.4, -0.2) is 53.8 Å². The van der Waals surface area contributed by atoms with E-state index in [-0.39, 0.29) is 18.0 Å². The number of hydrogen-bond acceptors (Lipinski definition) is 5. The first-order valence-electron chi connectivity index (χ1n) is 7.28. The maximum atomic E-state index is 12.7. The molecule has 1 aliphatic rings. The van der Waals surface area contributed by atoms with Gasteiger partial charge in [0.25, 0.3) is 10.0 Å². The highest BCUT2D eigenvalue weighted by molar-refractivity contribution is 7.89. The Morgan fingerprint density at radius 2 is 1.87 bits per heavy atom. The summed E-state index contributed by atoms with van der Waals surface area (Å²) in [5.74, 6) is 0. The number of aliphatic hydroxyl groups excluding tert-OH is 1. The van der Waals surface area contributed by atoms with Crippen LogP contribution in [0.5, 0.6) is 0 Å². The van der Waals surface area contributed by atoms with Crippen molar-refractivity contribution in [1.82, 2.24) is 9.42 Å². The summed E-state index contributed by atoms with van der Waals surface area (Å²) in [6.45, 7) is 6.68. The maximum Gasteiger partial charge on any atom is 0.425 e. The third-order valence-corrected chi connectivity index (χ3v) is 5.17. The van der Waals surface area contributed by atoms with E-state index in [0.29, 0.717) is 0 Å². The van der Waals surface area contributed by atoms with Crippen molar-refractivity contribution in [2.24, 2.45) is 0 Å². The molecule has 1 heterocycles. The fourth-order valence-electron chi connectivity index (χ4n) is 2.19. The number of benzene rings is 1. The third-order valence-electron chi connectivity index (χ3n) is 3.31. The van der Waals surface area contributed by atoms with Gasteiger partial charge < -0.3 is 9.84 Å². The van der Waals surface area contributed by atoms with E-state index >= 15 is 0 Å². The first-order valence-corrected chi connectivity index (χ1v) is 8.72. The highest BCUT2D eigenvalue weighted by atomic mass is 32.2. The monoisotopic (exact) mass is 342 g/mol. The summed E-state index contributed by atoms with van der Waals surface area (Å²) >= 11 is 0. The Kier molecular flexibility index (Phi) is 4.70. The van der Waals surface area contributed by atoms with Crippen LogP contribution < -0.4 is 0 Å². The molecule has 0 bridgehead atoms. The van der Waals surface area contributed by atoms with Gasteiger partial charge in [-0.2, -0.15) is 0 Å². The number of hydrazine groups is 1. The molecule has 1 N–H and O–H groups in total. The summed E-state index contributed by atoms with van der Waals surface area (Å²) in [4.78, 5) is 12.2.